The topological polar surface area (TPSA) is 86.9 Å². The number of amides is 1. The number of benzene rings is 1. The minimum Gasteiger partial charge on any atom is -0.370 e. The molecule has 1 aromatic carbocycles. The predicted octanol–water partition coefficient (Wildman–Crippen LogP) is 1.71. The van der Waals surface area contributed by atoms with Crippen LogP contribution in [0.25, 0.3) is 11.0 Å². The maximum Gasteiger partial charge on any atom is 0.219 e. The second kappa shape index (κ2) is 4.25. The van der Waals surface area contributed by atoms with Crippen molar-refractivity contribution in [2.75, 3.05) is 5.73 Å². The van der Waals surface area contributed by atoms with Crippen molar-refractivity contribution in [2.24, 2.45) is 5.73 Å². The number of imidazole rings is 1. The number of nitrogens with two attached hydrogens (primary N) is 2. The smallest absolute Gasteiger partial charge is 0.219 e. The number of para-hydroxylation sites is 1. The van der Waals surface area contributed by atoms with Gasteiger partial charge in [0, 0.05) is 12.5 Å². The largest absolute Gasteiger partial charge is 0.370 e. The third kappa shape index (κ3) is 2.06. The summed E-state index contributed by atoms with van der Waals surface area (Å²) < 4.78 is 1.77. The van der Waals surface area contributed by atoms with E-state index in [1.165, 1.54) is 0 Å². The Hall–Kier alpha value is -1.75. The quantitative estimate of drug-likeness (QED) is 0.872. The number of halogens is 1. The molecule has 0 fully saturated rings. The fourth-order valence-electron chi connectivity index (χ4n) is 1.95. The molecule has 0 aliphatic rings. The highest BCUT2D eigenvalue weighted by atomic mass is 35.5. The fraction of sp³-hybridized carbons (Fsp3) is 0.273. The number of hydrogen-bond acceptors (Lipinski definition) is 3. The lowest BCUT2D eigenvalue weighted by Gasteiger charge is -2.13. The number of anilines is 1. The van der Waals surface area contributed by atoms with E-state index in [9.17, 15) is 4.79 Å². The van der Waals surface area contributed by atoms with Gasteiger partial charge in [0.25, 0.3) is 0 Å². The molecule has 2 aromatic rings. The van der Waals surface area contributed by atoms with E-state index in [1.54, 1.807) is 10.6 Å². The van der Waals surface area contributed by atoms with E-state index in [0.717, 1.165) is 5.52 Å². The van der Waals surface area contributed by atoms with Crippen molar-refractivity contribution in [1.29, 1.82) is 0 Å². The zero-order valence-corrected chi connectivity index (χ0v) is 10.1. The number of fused-ring (bicyclic) bond motifs is 1. The number of aromatic nitrogens is 2. The Morgan fingerprint density at radius 2 is 2.29 bits per heavy atom. The minimum absolute atomic E-state index is 0.143. The summed E-state index contributed by atoms with van der Waals surface area (Å²) in [5, 5.41) is 0.541. The molecule has 0 bridgehead atoms. The summed E-state index contributed by atoms with van der Waals surface area (Å²) in [5.74, 6) is -0.0392. The number of primary amides is 1. The van der Waals surface area contributed by atoms with Crippen molar-refractivity contribution in [1.82, 2.24) is 9.55 Å². The van der Waals surface area contributed by atoms with Gasteiger partial charge in [-0.05, 0) is 19.1 Å². The van der Waals surface area contributed by atoms with Crippen LogP contribution in [0.3, 0.4) is 0 Å². The number of nitrogen functional groups attached to an aromatic ring is 1. The summed E-state index contributed by atoms with van der Waals surface area (Å²) in [6, 6.07) is 5.29. The van der Waals surface area contributed by atoms with Crippen LogP contribution in [0.1, 0.15) is 19.4 Å². The Morgan fingerprint density at radius 3 is 2.94 bits per heavy atom. The highest BCUT2D eigenvalue weighted by molar-refractivity contribution is 6.35. The van der Waals surface area contributed by atoms with Gasteiger partial charge in [0.15, 0.2) is 0 Å². The number of carbonyl (C=O) groups excluding carboxylic acids is 1. The summed E-state index contributed by atoms with van der Waals surface area (Å²) in [5.41, 5.74) is 12.5. The SMILES string of the molecule is CC(CC(N)=O)n1c(N)nc2c(Cl)cccc21. The van der Waals surface area contributed by atoms with E-state index in [1.807, 2.05) is 19.1 Å². The Kier molecular flexibility index (Phi) is 2.93. The predicted molar refractivity (Wildman–Crippen MR) is 67.7 cm³/mol. The van der Waals surface area contributed by atoms with Crippen molar-refractivity contribution in [3.05, 3.63) is 23.2 Å². The average molecular weight is 253 g/mol. The van der Waals surface area contributed by atoms with Crippen molar-refractivity contribution in [3.63, 3.8) is 0 Å². The van der Waals surface area contributed by atoms with Crippen LogP contribution in [-0.4, -0.2) is 15.5 Å². The maximum absolute atomic E-state index is 10.9. The van der Waals surface area contributed by atoms with Crippen LogP contribution < -0.4 is 11.5 Å². The van der Waals surface area contributed by atoms with E-state index in [-0.39, 0.29) is 18.4 Å². The van der Waals surface area contributed by atoms with Crippen LogP contribution in [0, 0.1) is 0 Å². The molecule has 1 atom stereocenters. The van der Waals surface area contributed by atoms with E-state index in [2.05, 4.69) is 4.98 Å². The van der Waals surface area contributed by atoms with Crippen molar-refractivity contribution in [3.8, 4) is 0 Å². The second-order valence-electron chi connectivity index (χ2n) is 3.97. The van der Waals surface area contributed by atoms with Gasteiger partial charge in [0.2, 0.25) is 11.9 Å². The molecular weight excluding hydrogens is 240 g/mol. The molecule has 1 aromatic heterocycles. The van der Waals surface area contributed by atoms with Gasteiger partial charge in [0.05, 0.1) is 10.5 Å². The van der Waals surface area contributed by atoms with Gasteiger partial charge in [0.1, 0.15) is 5.52 Å². The molecule has 5 nitrogen and oxygen atoms in total. The zero-order chi connectivity index (χ0) is 12.6. The molecule has 1 unspecified atom stereocenters. The summed E-state index contributed by atoms with van der Waals surface area (Å²) in [6.45, 7) is 1.86. The molecule has 0 saturated carbocycles. The monoisotopic (exact) mass is 252 g/mol. The molecule has 90 valence electrons. The third-order valence-corrected chi connectivity index (χ3v) is 2.94. The van der Waals surface area contributed by atoms with Crippen LogP contribution in [-0.2, 0) is 4.79 Å². The van der Waals surface area contributed by atoms with Crippen molar-refractivity contribution in [2.45, 2.75) is 19.4 Å². The Bertz CT molecular complexity index is 578. The summed E-state index contributed by atoms with van der Waals surface area (Å²) in [7, 11) is 0. The third-order valence-electron chi connectivity index (χ3n) is 2.64. The summed E-state index contributed by atoms with van der Waals surface area (Å²) in [6.07, 6.45) is 0.210. The number of hydrogen-bond donors (Lipinski definition) is 2. The molecule has 6 heteroatoms. The fourth-order valence-corrected chi connectivity index (χ4v) is 2.16. The first-order chi connectivity index (χ1) is 8.00. The van der Waals surface area contributed by atoms with Gasteiger partial charge in [-0.3, -0.25) is 4.79 Å². The van der Waals surface area contributed by atoms with Gasteiger partial charge in [-0.1, -0.05) is 17.7 Å². The molecule has 1 heterocycles. The lowest BCUT2D eigenvalue weighted by molar-refractivity contribution is -0.118. The van der Waals surface area contributed by atoms with Crippen LogP contribution in [0.2, 0.25) is 5.02 Å². The Balaban J connectivity index is 2.57. The first-order valence-corrected chi connectivity index (χ1v) is 5.58. The van der Waals surface area contributed by atoms with Crippen LogP contribution in [0.4, 0.5) is 5.95 Å². The van der Waals surface area contributed by atoms with Gasteiger partial charge in [-0.15, -0.1) is 0 Å². The maximum atomic E-state index is 10.9. The lowest BCUT2D eigenvalue weighted by Crippen LogP contribution is -2.18. The molecule has 4 N–H and O–H groups in total. The lowest BCUT2D eigenvalue weighted by atomic mass is 10.2. The molecule has 0 spiro atoms. The zero-order valence-electron chi connectivity index (χ0n) is 9.35. The summed E-state index contributed by atoms with van der Waals surface area (Å²) >= 11 is 6.03. The van der Waals surface area contributed by atoms with Crippen LogP contribution in [0.5, 0.6) is 0 Å². The molecule has 17 heavy (non-hydrogen) atoms. The summed E-state index contributed by atoms with van der Waals surface area (Å²) in [4.78, 5) is 15.1. The molecule has 0 aliphatic carbocycles. The molecular formula is C11H13ClN4O. The first-order valence-electron chi connectivity index (χ1n) is 5.21. The molecule has 0 aliphatic heterocycles. The van der Waals surface area contributed by atoms with Crippen molar-refractivity contribution < 1.29 is 4.79 Å². The van der Waals surface area contributed by atoms with Gasteiger partial charge in [-0.25, -0.2) is 4.98 Å². The van der Waals surface area contributed by atoms with Crippen molar-refractivity contribution >= 4 is 34.5 Å². The van der Waals surface area contributed by atoms with E-state index in [0.29, 0.717) is 16.5 Å². The Morgan fingerprint density at radius 1 is 1.59 bits per heavy atom. The minimum atomic E-state index is -0.374. The molecule has 0 saturated heterocycles. The highest BCUT2D eigenvalue weighted by Gasteiger charge is 2.16. The number of carbonyl (C=O) groups is 1. The number of rotatable bonds is 3. The highest BCUT2D eigenvalue weighted by Crippen LogP contribution is 2.28. The van der Waals surface area contributed by atoms with Crippen LogP contribution in [0.15, 0.2) is 18.2 Å². The first kappa shape index (κ1) is 11.7. The van der Waals surface area contributed by atoms with Gasteiger partial charge >= 0.3 is 0 Å². The average Bonchev–Trinajstić information content (AvgIpc) is 2.55. The standard InChI is InChI=1S/C11H13ClN4O/c1-6(5-9(13)17)16-8-4-2-3-7(12)10(8)15-11(16)14/h2-4,6H,5H2,1H3,(H2,13,17)(H2,14,15). The normalized spacial score (nSPS) is 12.8. The van der Waals surface area contributed by atoms with Gasteiger partial charge in [-0.2, -0.15) is 0 Å². The molecule has 0 radical (unpaired) electrons. The number of nitrogens with zero attached hydrogens (tertiary/aromatic N) is 2. The molecule has 1 amide bonds. The molecule has 2 rings (SSSR count). The van der Waals surface area contributed by atoms with E-state index in [4.69, 9.17) is 23.1 Å². The van der Waals surface area contributed by atoms with E-state index >= 15 is 0 Å². The van der Waals surface area contributed by atoms with E-state index < -0.39 is 0 Å². The van der Waals surface area contributed by atoms with Crippen LogP contribution >= 0.6 is 11.6 Å². The Labute approximate surface area is 103 Å². The second-order valence-corrected chi connectivity index (χ2v) is 4.37. The van der Waals surface area contributed by atoms with Gasteiger partial charge < -0.3 is 16.0 Å².